The molecule has 2 heterocycles. The van der Waals surface area contributed by atoms with Gasteiger partial charge in [-0.1, -0.05) is 13.8 Å². The second-order valence-electron chi connectivity index (χ2n) is 8.73. The normalized spacial score (nSPS) is 11.9. The van der Waals surface area contributed by atoms with Crippen LogP contribution in [0.2, 0.25) is 0 Å². The van der Waals surface area contributed by atoms with Crippen molar-refractivity contribution in [3.63, 3.8) is 0 Å². The summed E-state index contributed by atoms with van der Waals surface area (Å²) in [6.07, 6.45) is 5.53. The van der Waals surface area contributed by atoms with Crippen LogP contribution in [-0.4, -0.2) is 52.6 Å². The molecule has 0 aliphatic rings. The Morgan fingerprint density at radius 3 is 2.26 bits per heavy atom. The highest BCUT2D eigenvalue weighted by atomic mass is 35.5. The quantitative estimate of drug-likeness (QED) is 0.349. The van der Waals surface area contributed by atoms with E-state index in [0.29, 0.717) is 6.04 Å². The predicted molar refractivity (Wildman–Crippen MR) is 143 cm³/mol. The average molecular weight is 497 g/mol. The van der Waals surface area contributed by atoms with Gasteiger partial charge in [0.25, 0.3) is 0 Å². The lowest BCUT2D eigenvalue weighted by molar-refractivity contribution is 0.394. The van der Waals surface area contributed by atoms with E-state index < -0.39 is 0 Å². The zero-order valence-electron chi connectivity index (χ0n) is 21.0. The number of methoxy groups -OCH3 is 2. The maximum Gasteiger partial charge on any atom is 0.124 e. The van der Waals surface area contributed by atoms with Crippen LogP contribution in [-0.2, 0) is 7.05 Å². The highest BCUT2D eigenvalue weighted by molar-refractivity contribution is 5.85. The fourth-order valence-electron chi connectivity index (χ4n) is 4.06. The van der Waals surface area contributed by atoms with E-state index in [0.717, 1.165) is 51.7 Å². The summed E-state index contributed by atoms with van der Waals surface area (Å²) in [5.41, 5.74) is 5.38. The molecule has 0 saturated heterocycles. The Morgan fingerprint density at radius 2 is 1.66 bits per heavy atom. The summed E-state index contributed by atoms with van der Waals surface area (Å²) in [5, 5.41) is 7.86. The number of nitrogens with zero attached hydrogens (tertiary/aromatic N) is 5. The first-order valence-electron chi connectivity index (χ1n) is 11.4. The van der Waals surface area contributed by atoms with Crippen molar-refractivity contribution < 1.29 is 9.47 Å². The molecule has 0 aliphatic heterocycles. The first-order valence-corrected chi connectivity index (χ1v) is 11.4. The van der Waals surface area contributed by atoms with Crippen molar-refractivity contribution in [2.24, 2.45) is 7.05 Å². The molecule has 4 rings (SSSR count). The van der Waals surface area contributed by atoms with Gasteiger partial charge in [0, 0.05) is 67.0 Å². The standard InChI is InChI=1S/C26H32N6O2.ClH/c1-17(2)29-18(3)15-32(21-9-22(33-5)12-23(10-21)34-6)20-7-8-24-25(11-20)30-26(14-27-24)19-13-28-31(4)16-19;/h7-14,16-18,29H,15H2,1-6H3;1H. The fraction of sp³-hybridized carbons (Fsp3) is 0.346. The molecular formula is C26H33ClN6O2. The Kier molecular flexibility index (Phi) is 8.53. The number of nitrogens with one attached hydrogen (secondary N) is 1. The minimum atomic E-state index is 0. The van der Waals surface area contributed by atoms with Gasteiger partial charge in [-0.3, -0.25) is 9.67 Å². The SMILES string of the molecule is COc1cc(OC)cc(N(CC(C)NC(C)C)c2ccc3ncc(-c4cnn(C)c4)nc3c2)c1.Cl. The van der Waals surface area contributed by atoms with Crippen LogP contribution < -0.4 is 19.7 Å². The molecule has 0 saturated carbocycles. The van der Waals surface area contributed by atoms with Gasteiger partial charge in [0.15, 0.2) is 0 Å². The molecule has 2 aromatic heterocycles. The molecule has 1 N–H and O–H groups in total. The van der Waals surface area contributed by atoms with Gasteiger partial charge in [0.2, 0.25) is 0 Å². The zero-order chi connectivity index (χ0) is 24.2. The summed E-state index contributed by atoms with van der Waals surface area (Å²) < 4.78 is 12.8. The largest absolute Gasteiger partial charge is 0.497 e. The summed E-state index contributed by atoms with van der Waals surface area (Å²) in [6, 6.07) is 12.7. The average Bonchev–Trinajstić information content (AvgIpc) is 3.27. The van der Waals surface area contributed by atoms with Gasteiger partial charge in [0.05, 0.1) is 43.3 Å². The Balaban J connectivity index is 0.00000342. The summed E-state index contributed by atoms with van der Waals surface area (Å²) in [5.74, 6) is 1.48. The first kappa shape index (κ1) is 26.2. The molecule has 0 radical (unpaired) electrons. The number of ether oxygens (including phenoxy) is 2. The van der Waals surface area contributed by atoms with E-state index in [9.17, 15) is 0 Å². The van der Waals surface area contributed by atoms with Crippen molar-refractivity contribution >= 4 is 34.8 Å². The minimum absolute atomic E-state index is 0. The molecule has 2 aromatic carbocycles. The van der Waals surface area contributed by atoms with Gasteiger partial charge in [-0.2, -0.15) is 5.10 Å². The first-order chi connectivity index (χ1) is 16.4. The second kappa shape index (κ2) is 11.4. The van der Waals surface area contributed by atoms with Crippen LogP contribution >= 0.6 is 12.4 Å². The molecule has 0 amide bonds. The number of rotatable bonds is 9. The lowest BCUT2D eigenvalue weighted by Gasteiger charge is -2.30. The number of aromatic nitrogens is 4. The van der Waals surface area contributed by atoms with E-state index in [-0.39, 0.29) is 18.4 Å². The van der Waals surface area contributed by atoms with Crippen LogP contribution in [0.4, 0.5) is 11.4 Å². The van der Waals surface area contributed by atoms with Crippen LogP contribution in [0.3, 0.4) is 0 Å². The van der Waals surface area contributed by atoms with Crippen LogP contribution in [0.5, 0.6) is 11.5 Å². The highest BCUT2D eigenvalue weighted by Crippen LogP contribution is 2.34. The smallest absolute Gasteiger partial charge is 0.124 e. The third-order valence-electron chi connectivity index (χ3n) is 5.56. The predicted octanol–water partition coefficient (Wildman–Crippen LogP) is 4.99. The number of fused-ring (bicyclic) bond motifs is 1. The number of aryl methyl sites for hydroxylation is 1. The molecule has 0 spiro atoms. The van der Waals surface area contributed by atoms with Crippen molar-refractivity contribution in [2.75, 3.05) is 25.7 Å². The van der Waals surface area contributed by atoms with Gasteiger partial charge >= 0.3 is 0 Å². The molecule has 35 heavy (non-hydrogen) atoms. The fourth-order valence-corrected chi connectivity index (χ4v) is 4.06. The van der Waals surface area contributed by atoms with Crippen molar-refractivity contribution in [3.8, 4) is 22.8 Å². The molecule has 9 heteroatoms. The molecule has 0 aliphatic carbocycles. The van der Waals surface area contributed by atoms with Gasteiger partial charge in [-0.15, -0.1) is 12.4 Å². The Hall–Kier alpha value is -3.36. The van der Waals surface area contributed by atoms with Crippen LogP contribution in [0.15, 0.2) is 55.0 Å². The van der Waals surface area contributed by atoms with Gasteiger partial charge < -0.3 is 19.7 Å². The summed E-state index contributed by atoms with van der Waals surface area (Å²) in [6.45, 7) is 7.24. The molecular weight excluding hydrogens is 464 g/mol. The van der Waals surface area contributed by atoms with Crippen molar-refractivity contribution in [1.82, 2.24) is 25.1 Å². The summed E-state index contributed by atoms with van der Waals surface area (Å²) in [4.78, 5) is 11.8. The molecule has 0 bridgehead atoms. The molecule has 1 atom stereocenters. The summed E-state index contributed by atoms with van der Waals surface area (Å²) >= 11 is 0. The third-order valence-corrected chi connectivity index (χ3v) is 5.56. The zero-order valence-corrected chi connectivity index (χ0v) is 21.8. The van der Waals surface area contributed by atoms with E-state index in [1.54, 1.807) is 31.3 Å². The highest BCUT2D eigenvalue weighted by Gasteiger charge is 2.17. The van der Waals surface area contributed by atoms with E-state index >= 15 is 0 Å². The van der Waals surface area contributed by atoms with Gasteiger partial charge in [-0.25, -0.2) is 4.98 Å². The molecule has 8 nitrogen and oxygen atoms in total. The molecule has 4 aromatic rings. The monoisotopic (exact) mass is 496 g/mol. The lowest BCUT2D eigenvalue weighted by atomic mass is 10.1. The van der Waals surface area contributed by atoms with Crippen LogP contribution in [0, 0.1) is 0 Å². The number of hydrogen-bond acceptors (Lipinski definition) is 7. The van der Waals surface area contributed by atoms with Gasteiger partial charge in [-0.05, 0) is 25.1 Å². The Bertz CT molecular complexity index is 1250. The van der Waals surface area contributed by atoms with E-state index in [1.807, 2.05) is 37.5 Å². The number of anilines is 2. The number of halogens is 1. The summed E-state index contributed by atoms with van der Waals surface area (Å²) in [7, 11) is 5.22. The lowest BCUT2D eigenvalue weighted by Crippen LogP contribution is -2.40. The van der Waals surface area contributed by atoms with Crippen LogP contribution in [0.25, 0.3) is 22.3 Å². The van der Waals surface area contributed by atoms with Crippen LogP contribution in [0.1, 0.15) is 20.8 Å². The third kappa shape index (κ3) is 6.21. The van der Waals surface area contributed by atoms with Crippen molar-refractivity contribution in [3.05, 3.63) is 55.0 Å². The second-order valence-corrected chi connectivity index (χ2v) is 8.73. The number of hydrogen-bond donors (Lipinski definition) is 1. The Labute approximate surface area is 212 Å². The molecule has 0 fully saturated rings. The molecule has 1 unspecified atom stereocenters. The maximum absolute atomic E-state index is 5.54. The maximum atomic E-state index is 5.54. The van der Waals surface area contributed by atoms with Gasteiger partial charge in [0.1, 0.15) is 11.5 Å². The van der Waals surface area contributed by atoms with Crippen molar-refractivity contribution in [1.29, 1.82) is 0 Å². The minimum Gasteiger partial charge on any atom is -0.497 e. The van der Waals surface area contributed by atoms with E-state index in [1.165, 1.54) is 0 Å². The Morgan fingerprint density at radius 1 is 0.943 bits per heavy atom. The topological polar surface area (TPSA) is 77.3 Å². The molecule has 186 valence electrons. The number of benzene rings is 2. The van der Waals surface area contributed by atoms with Crippen molar-refractivity contribution in [2.45, 2.75) is 32.9 Å². The van der Waals surface area contributed by atoms with E-state index in [2.05, 4.69) is 53.2 Å². The van der Waals surface area contributed by atoms with E-state index in [4.69, 9.17) is 14.5 Å².